The minimum Gasteiger partial charge on any atom is -0.387 e. The van der Waals surface area contributed by atoms with Gasteiger partial charge in [-0.2, -0.15) is 0 Å². The lowest BCUT2D eigenvalue weighted by Crippen LogP contribution is -2.43. The number of hydrogen-bond acceptors (Lipinski definition) is 2. The Bertz CT molecular complexity index is 633. The Morgan fingerprint density at radius 3 is 2.14 bits per heavy atom. The lowest BCUT2D eigenvalue weighted by Gasteiger charge is -2.37. The van der Waals surface area contributed by atoms with Gasteiger partial charge in [-0.3, -0.25) is 4.90 Å². The molecule has 0 amide bonds. The van der Waals surface area contributed by atoms with Crippen LogP contribution in [0, 0.1) is 0 Å². The monoisotopic (exact) mass is 293 g/mol. The molecule has 1 aliphatic heterocycles. The number of hydrogen-bond donors (Lipinski definition) is 1. The first-order chi connectivity index (χ1) is 10.9. The van der Waals surface area contributed by atoms with Gasteiger partial charge in [0, 0.05) is 5.92 Å². The molecule has 3 unspecified atom stereocenters. The Morgan fingerprint density at radius 1 is 0.773 bits per heavy atom. The van der Waals surface area contributed by atoms with E-state index in [1.807, 2.05) is 6.07 Å². The van der Waals surface area contributed by atoms with E-state index in [0.29, 0.717) is 0 Å². The van der Waals surface area contributed by atoms with E-state index < -0.39 is 0 Å². The third-order valence-electron chi connectivity index (χ3n) is 5.29. The van der Waals surface area contributed by atoms with E-state index in [-0.39, 0.29) is 18.1 Å². The van der Waals surface area contributed by atoms with Crippen molar-refractivity contribution in [1.29, 1.82) is 0 Å². The van der Waals surface area contributed by atoms with Crippen LogP contribution in [0.3, 0.4) is 0 Å². The molecular formula is C20H23NO. The molecule has 1 heterocycles. The summed E-state index contributed by atoms with van der Waals surface area (Å²) in [5, 5.41) is 11.0. The second-order valence-corrected chi connectivity index (χ2v) is 6.55. The van der Waals surface area contributed by atoms with Gasteiger partial charge in [-0.25, -0.2) is 0 Å². The van der Waals surface area contributed by atoms with Gasteiger partial charge < -0.3 is 5.11 Å². The van der Waals surface area contributed by atoms with Crippen molar-refractivity contribution in [2.45, 2.75) is 37.3 Å². The summed E-state index contributed by atoms with van der Waals surface area (Å²) in [5.41, 5.74) is 3.74. The zero-order valence-corrected chi connectivity index (χ0v) is 12.9. The molecule has 0 radical (unpaired) electrons. The third-order valence-corrected chi connectivity index (χ3v) is 5.29. The highest BCUT2D eigenvalue weighted by Gasteiger charge is 2.43. The number of piperidine rings is 1. The molecule has 3 atom stereocenters. The van der Waals surface area contributed by atoms with E-state index >= 15 is 0 Å². The molecule has 2 aromatic carbocycles. The van der Waals surface area contributed by atoms with E-state index in [1.165, 1.54) is 30.4 Å². The van der Waals surface area contributed by atoms with Gasteiger partial charge in [-0.05, 0) is 42.6 Å². The Morgan fingerprint density at radius 2 is 1.41 bits per heavy atom. The van der Waals surface area contributed by atoms with Crippen LogP contribution < -0.4 is 0 Å². The number of aliphatic hydroxyl groups is 1. The lowest BCUT2D eigenvalue weighted by atomic mass is 9.88. The van der Waals surface area contributed by atoms with Crippen molar-refractivity contribution < 1.29 is 5.11 Å². The average Bonchev–Trinajstić information content (AvgIpc) is 2.90. The Balaban J connectivity index is 1.79. The number of rotatable bonds is 2. The second kappa shape index (κ2) is 5.86. The van der Waals surface area contributed by atoms with Crippen molar-refractivity contribution >= 4 is 0 Å². The fourth-order valence-corrected chi connectivity index (χ4v) is 4.28. The summed E-state index contributed by atoms with van der Waals surface area (Å²) in [5.74, 6) is 0.283. The number of likely N-dealkylation sites (tertiary alicyclic amines) is 1. The number of benzene rings is 2. The Kier molecular flexibility index (Phi) is 3.73. The summed E-state index contributed by atoms with van der Waals surface area (Å²) in [6.07, 6.45) is 3.45. The minimum absolute atomic E-state index is 0.181. The highest BCUT2D eigenvalue weighted by atomic mass is 16.3. The molecule has 2 aromatic rings. The van der Waals surface area contributed by atoms with Crippen LogP contribution in [0.15, 0.2) is 54.6 Å². The summed E-state index contributed by atoms with van der Waals surface area (Å²) in [6, 6.07) is 19.3. The van der Waals surface area contributed by atoms with Crippen molar-refractivity contribution in [3.63, 3.8) is 0 Å². The molecular weight excluding hydrogens is 270 g/mol. The minimum atomic E-state index is -0.375. The van der Waals surface area contributed by atoms with Gasteiger partial charge in [0.2, 0.25) is 0 Å². The molecule has 2 aliphatic rings. The maximum absolute atomic E-state index is 11.0. The SMILES string of the molecule is OC1c2ccccc2C(c2ccccc2)C1N1CCCCC1. The van der Waals surface area contributed by atoms with Crippen molar-refractivity contribution in [3.05, 3.63) is 71.3 Å². The van der Waals surface area contributed by atoms with Gasteiger partial charge in [-0.15, -0.1) is 0 Å². The fourth-order valence-electron chi connectivity index (χ4n) is 4.28. The molecule has 0 aromatic heterocycles. The molecule has 1 fully saturated rings. The molecule has 1 N–H and O–H groups in total. The van der Waals surface area contributed by atoms with Crippen molar-refractivity contribution in [2.24, 2.45) is 0 Å². The molecule has 4 rings (SSSR count). The molecule has 0 bridgehead atoms. The second-order valence-electron chi connectivity index (χ2n) is 6.55. The van der Waals surface area contributed by atoms with Crippen LogP contribution >= 0.6 is 0 Å². The first-order valence-corrected chi connectivity index (χ1v) is 8.42. The Labute approximate surface area is 132 Å². The zero-order chi connectivity index (χ0) is 14.9. The average molecular weight is 293 g/mol. The normalized spacial score (nSPS) is 28.5. The predicted octanol–water partition coefficient (Wildman–Crippen LogP) is 3.72. The van der Waals surface area contributed by atoms with Gasteiger partial charge in [0.05, 0.1) is 12.1 Å². The molecule has 2 nitrogen and oxygen atoms in total. The molecule has 114 valence electrons. The largest absolute Gasteiger partial charge is 0.387 e. The molecule has 0 saturated carbocycles. The van der Waals surface area contributed by atoms with Crippen molar-refractivity contribution in [1.82, 2.24) is 4.90 Å². The first-order valence-electron chi connectivity index (χ1n) is 8.42. The number of aliphatic hydroxyl groups excluding tert-OH is 1. The number of fused-ring (bicyclic) bond motifs is 1. The predicted molar refractivity (Wildman–Crippen MR) is 88.9 cm³/mol. The molecule has 1 saturated heterocycles. The summed E-state index contributed by atoms with van der Waals surface area (Å²) in [4.78, 5) is 2.52. The standard InChI is InChI=1S/C20H23NO/c22-20-17-12-6-5-11-16(17)18(15-9-3-1-4-10-15)19(20)21-13-7-2-8-14-21/h1,3-6,9-12,18-20,22H,2,7-8,13-14H2. The van der Waals surface area contributed by atoms with Crippen LogP contribution in [0.25, 0.3) is 0 Å². The maximum Gasteiger partial charge on any atom is 0.0957 e. The van der Waals surface area contributed by atoms with Gasteiger partial charge in [0.25, 0.3) is 0 Å². The van der Waals surface area contributed by atoms with Crippen molar-refractivity contribution in [3.8, 4) is 0 Å². The lowest BCUT2D eigenvalue weighted by molar-refractivity contribution is 0.0419. The zero-order valence-electron chi connectivity index (χ0n) is 12.9. The topological polar surface area (TPSA) is 23.5 Å². The smallest absolute Gasteiger partial charge is 0.0957 e. The first kappa shape index (κ1) is 14.0. The fraction of sp³-hybridized carbons (Fsp3) is 0.400. The number of nitrogens with zero attached hydrogens (tertiary/aromatic N) is 1. The summed E-state index contributed by atoms with van der Waals surface area (Å²) >= 11 is 0. The van der Waals surface area contributed by atoms with Gasteiger partial charge >= 0.3 is 0 Å². The van der Waals surface area contributed by atoms with E-state index in [9.17, 15) is 5.11 Å². The highest BCUT2D eigenvalue weighted by Crippen LogP contribution is 2.47. The van der Waals surface area contributed by atoms with Gasteiger partial charge in [0.1, 0.15) is 0 Å². The maximum atomic E-state index is 11.0. The molecule has 0 spiro atoms. The highest BCUT2D eigenvalue weighted by molar-refractivity contribution is 5.46. The molecule has 2 heteroatoms. The van der Waals surface area contributed by atoms with E-state index in [2.05, 4.69) is 53.4 Å². The quantitative estimate of drug-likeness (QED) is 0.912. The molecule has 22 heavy (non-hydrogen) atoms. The molecule has 1 aliphatic carbocycles. The summed E-state index contributed by atoms with van der Waals surface area (Å²) < 4.78 is 0. The van der Waals surface area contributed by atoms with E-state index in [4.69, 9.17) is 0 Å². The van der Waals surface area contributed by atoms with Crippen LogP contribution in [0.4, 0.5) is 0 Å². The van der Waals surface area contributed by atoms with Crippen molar-refractivity contribution in [2.75, 3.05) is 13.1 Å². The van der Waals surface area contributed by atoms with Crippen LogP contribution in [0.1, 0.15) is 48.0 Å². The van der Waals surface area contributed by atoms with E-state index in [0.717, 1.165) is 18.7 Å². The van der Waals surface area contributed by atoms with Crippen LogP contribution in [0.2, 0.25) is 0 Å². The Hall–Kier alpha value is -1.64. The van der Waals surface area contributed by atoms with Gasteiger partial charge in [0.15, 0.2) is 0 Å². The third kappa shape index (κ3) is 2.27. The van der Waals surface area contributed by atoms with Crippen LogP contribution in [-0.4, -0.2) is 29.1 Å². The van der Waals surface area contributed by atoms with Crippen LogP contribution in [0.5, 0.6) is 0 Å². The summed E-state index contributed by atoms with van der Waals surface area (Å²) in [7, 11) is 0. The summed E-state index contributed by atoms with van der Waals surface area (Å²) in [6.45, 7) is 2.22. The van der Waals surface area contributed by atoms with Gasteiger partial charge in [-0.1, -0.05) is 61.0 Å². The van der Waals surface area contributed by atoms with Crippen LogP contribution in [-0.2, 0) is 0 Å². The van der Waals surface area contributed by atoms with E-state index in [1.54, 1.807) is 0 Å².